The number of amides is 1. The Morgan fingerprint density at radius 1 is 1.14 bits per heavy atom. The molecule has 7 heteroatoms. The van der Waals surface area contributed by atoms with Crippen LogP contribution >= 0.6 is 0 Å². The Kier molecular flexibility index (Phi) is 6.32. The number of likely N-dealkylation sites (tertiary alicyclic amines) is 2. The van der Waals surface area contributed by atoms with Gasteiger partial charge in [-0.05, 0) is 73.8 Å². The van der Waals surface area contributed by atoms with Crippen molar-refractivity contribution in [3.8, 4) is 17.6 Å². The summed E-state index contributed by atoms with van der Waals surface area (Å²) >= 11 is 0. The SMILES string of the molecule is CC#CC(=O)N1CCC(N2CC(c3cc(C)c4c(c3)Nc3nccc(C5CCOCC5)c3CO4)C2)C1. The van der Waals surface area contributed by atoms with E-state index in [1.807, 2.05) is 11.1 Å². The molecule has 3 fully saturated rings. The highest BCUT2D eigenvalue weighted by Crippen LogP contribution is 2.42. The fraction of sp³-hybridized carbons (Fsp3) is 0.517. The van der Waals surface area contributed by atoms with Crippen LogP contribution < -0.4 is 10.1 Å². The Morgan fingerprint density at radius 3 is 2.78 bits per heavy atom. The predicted octanol–water partition coefficient (Wildman–Crippen LogP) is 3.94. The van der Waals surface area contributed by atoms with E-state index in [1.54, 1.807) is 6.92 Å². The van der Waals surface area contributed by atoms with E-state index in [-0.39, 0.29) is 5.91 Å². The van der Waals surface area contributed by atoms with Gasteiger partial charge >= 0.3 is 0 Å². The van der Waals surface area contributed by atoms with Crippen molar-refractivity contribution in [3.05, 3.63) is 46.6 Å². The van der Waals surface area contributed by atoms with Crippen molar-refractivity contribution in [1.29, 1.82) is 0 Å². The minimum absolute atomic E-state index is 0.0432. The first-order valence-corrected chi connectivity index (χ1v) is 13.2. The molecule has 188 valence electrons. The van der Waals surface area contributed by atoms with Crippen LogP contribution in [0.2, 0.25) is 0 Å². The quantitative estimate of drug-likeness (QED) is 0.663. The van der Waals surface area contributed by atoms with Gasteiger partial charge in [-0.1, -0.05) is 12.0 Å². The highest BCUT2D eigenvalue weighted by molar-refractivity contribution is 5.93. The van der Waals surface area contributed by atoms with Gasteiger partial charge in [-0.15, -0.1) is 0 Å². The van der Waals surface area contributed by atoms with Crippen molar-refractivity contribution in [1.82, 2.24) is 14.8 Å². The summed E-state index contributed by atoms with van der Waals surface area (Å²) in [6.07, 6.45) is 5.04. The smallest absolute Gasteiger partial charge is 0.298 e. The summed E-state index contributed by atoms with van der Waals surface area (Å²) < 4.78 is 12.0. The molecule has 1 aromatic carbocycles. The summed E-state index contributed by atoms with van der Waals surface area (Å²) in [6.45, 7) is 9.66. The zero-order valence-electron chi connectivity index (χ0n) is 21.2. The average Bonchev–Trinajstić information content (AvgIpc) is 3.25. The average molecular weight is 487 g/mol. The van der Waals surface area contributed by atoms with Crippen LogP contribution in [0.15, 0.2) is 24.4 Å². The van der Waals surface area contributed by atoms with Gasteiger partial charge in [-0.25, -0.2) is 4.98 Å². The minimum Gasteiger partial charge on any atom is -0.486 e. The minimum atomic E-state index is -0.0432. The third-order valence-electron chi connectivity index (χ3n) is 8.24. The molecule has 1 N–H and O–H groups in total. The molecule has 5 heterocycles. The lowest BCUT2D eigenvalue weighted by molar-refractivity contribution is -0.124. The van der Waals surface area contributed by atoms with Crippen LogP contribution in [0.3, 0.4) is 0 Å². The molecule has 0 saturated carbocycles. The lowest BCUT2D eigenvalue weighted by Crippen LogP contribution is -2.51. The third kappa shape index (κ3) is 4.33. The molecule has 0 spiro atoms. The molecule has 36 heavy (non-hydrogen) atoms. The van der Waals surface area contributed by atoms with Crippen LogP contribution in [0, 0.1) is 18.8 Å². The number of aryl methyl sites for hydroxylation is 1. The monoisotopic (exact) mass is 486 g/mol. The number of hydrogen-bond acceptors (Lipinski definition) is 6. The Morgan fingerprint density at radius 2 is 1.97 bits per heavy atom. The first kappa shape index (κ1) is 23.3. The fourth-order valence-corrected chi connectivity index (χ4v) is 6.18. The molecule has 1 unspecified atom stereocenters. The molecule has 7 nitrogen and oxygen atoms in total. The predicted molar refractivity (Wildman–Crippen MR) is 139 cm³/mol. The molecular weight excluding hydrogens is 452 g/mol. The first-order chi connectivity index (χ1) is 17.6. The Labute approximate surface area is 213 Å². The van der Waals surface area contributed by atoms with Crippen molar-refractivity contribution < 1.29 is 14.3 Å². The van der Waals surface area contributed by atoms with E-state index < -0.39 is 0 Å². The number of carbonyl (C=O) groups excluding carboxylic acids is 1. The number of aromatic nitrogens is 1. The Hall–Kier alpha value is -3.08. The normalized spacial score (nSPS) is 22.3. The van der Waals surface area contributed by atoms with Crippen LogP contribution in [0.1, 0.15) is 60.3 Å². The maximum Gasteiger partial charge on any atom is 0.298 e. The number of ether oxygens (including phenoxy) is 2. The maximum atomic E-state index is 12.1. The summed E-state index contributed by atoms with van der Waals surface area (Å²) in [5.41, 5.74) is 6.01. The number of nitrogens with zero attached hydrogens (tertiary/aromatic N) is 3. The van der Waals surface area contributed by atoms with Crippen molar-refractivity contribution >= 4 is 17.4 Å². The van der Waals surface area contributed by atoms with E-state index in [9.17, 15) is 4.79 Å². The molecule has 1 amide bonds. The Bertz CT molecular complexity index is 1220. The maximum absolute atomic E-state index is 12.1. The van der Waals surface area contributed by atoms with Gasteiger partial charge in [0.1, 0.15) is 18.2 Å². The Balaban J connectivity index is 1.16. The van der Waals surface area contributed by atoms with Gasteiger partial charge in [-0.2, -0.15) is 0 Å². The number of rotatable bonds is 3. The summed E-state index contributed by atoms with van der Waals surface area (Å²) in [6, 6.07) is 7.13. The van der Waals surface area contributed by atoms with Gasteiger partial charge in [-0.3, -0.25) is 9.69 Å². The molecule has 1 aromatic heterocycles. The van der Waals surface area contributed by atoms with Gasteiger partial charge in [0.2, 0.25) is 0 Å². The molecule has 0 radical (unpaired) electrons. The second-order valence-electron chi connectivity index (χ2n) is 10.5. The number of carbonyl (C=O) groups is 1. The fourth-order valence-electron chi connectivity index (χ4n) is 6.18. The molecular formula is C29H34N4O3. The second-order valence-corrected chi connectivity index (χ2v) is 10.5. The molecule has 1 atom stereocenters. The van der Waals surface area contributed by atoms with E-state index in [0.29, 0.717) is 24.5 Å². The van der Waals surface area contributed by atoms with Crippen molar-refractivity contribution in [2.45, 2.75) is 57.6 Å². The summed E-state index contributed by atoms with van der Waals surface area (Å²) in [5.74, 6) is 8.18. The molecule has 6 rings (SSSR count). The lowest BCUT2D eigenvalue weighted by Gasteiger charge is -2.43. The first-order valence-electron chi connectivity index (χ1n) is 13.2. The zero-order valence-corrected chi connectivity index (χ0v) is 21.2. The highest BCUT2D eigenvalue weighted by atomic mass is 16.5. The van der Waals surface area contributed by atoms with Crippen molar-refractivity contribution in [2.75, 3.05) is 44.7 Å². The summed E-state index contributed by atoms with van der Waals surface area (Å²) in [5, 5.41) is 3.63. The van der Waals surface area contributed by atoms with Crippen LogP contribution in [0.5, 0.6) is 5.75 Å². The van der Waals surface area contributed by atoms with E-state index in [2.05, 4.69) is 47.2 Å². The number of benzene rings is 1. The number of hydrogen-bond donors (Lipinski definition) is 1. The van der Waals surface area contributed by atoms with Crippen LogP contribution in [0.4, 0.5) is 11.5 Å². The van der Waals surface area contributed by atoms with E-state index in [4.69, 9.17) is 14.5 Å². The zero-order chi connectivity index (χ0) is 24.6. The molecule has 3 saturated heterocycles. The highest BCUT2D eigenvalue weighted by Gasteiger charge is 2.38. The molecule has 4 aliphatic heterocycles. The van der Waals surface area contributed by atoms with Crippen molar-refractivity contribution in [2.24, 2.45) is 0 Å². The third-order valence-corrected chi connectivity index (χ3v) is 8.24. The van der Waals surface area contributed by atoms with E-state index in [0.717, 1.165) is 81.5 Å². The molecule has 2 aromatic rings. The van der Waals surface area contributed by atoms with Gasteiger partial charge in [0, 0.05) is 63.1 Å². The number of anilines is 2. The van der Waals surface area contributed by atoms with E-state index in [1.165, 1.54) is 16.7 Å². The molecule has 0 aliphatic carbocycles. The summed E-state index contributed by atoms with van der Waals surface area (Å²) in [4.78, 5) is 21.2. The number of nitrogens with one attached hydrogen (secondary N) is 1. The molecule has 4 aliphatic rings. The lowest BCUT2D eigenvalue weighted by atomic mass is 9.88. The van der Waals surface area contributed by atoms with Gasteiger partial charge < -0.3 is 19.7 Å². The second kappa shape index (κ2) is 9.76. The van der Waals surface area contributed by atoms with Crippen molar-refractivity contribution in [3.63, 3.8) is 0 Å². The largest absolute Gasteiger partial charge is 0.486 e. The van der Waals surface area contributed by atoms with Gasteiger partial charge in [0.05, 0.1) is 5.69 Å². The van der Waals surface area contributed by atoms with Gasteiger partial charge in [0.15, 0.2) is 0 Å². The van der Waals surface area contributed by atoms with Crippen LogP contribution in [0.25, 0.3) is 0 Å². The van der Waals surface area contributed by atoms with Gasteiger partial charge in [0.25, 0.3) is 5.91 Å². The number of fused-ring (bicyclic) bond motifs is 2. The standard InChI is InChI=1S/C29H34N4O3/c1-3-4-27(34)32-10-6-23(17-32)33-15-22(16-33)21-13-19(2)28-26(14-21)31-29-25(18-36-28)24(5-9-30-29)20-7-11-35-12-8-20/h5,9,13-14,20,22-23H,6-8,10-12,15-18H2,1-2H3,(H,30,31). The van der Waals surface area contributed by atoms with Crippen LogP contribution in [-0.4, -0.2) is 66.1 Å². The van der Waals surface area contributed by atoms with Crippen LogP contribution in [-0.2, 0) is 16.1 Å². The van der Waals surface area contributed by atoms with E-state index >= 15 is 0 Å². The topological polar surface area (TPSA) is 66.9 Å². The summed E-state index contributed by atoms with van der Waals surface area (Å²) in [7, 11) is 0. The molecule has 0 bridgehead atoms. The number of pyridine rings is 1.